The maximum Gasteiger partial charge on any atom is 0.123 e. The maximum absolute atomic E-state index is 13.1. The topological polar surface area (TPSA) is 38.0 Å². The van der Waals surface area contributed by atoms with Gasteiger partial charge >= 0.3 is 0 Å². The Bertz CT molecular complexity index is 532. The second kappa shape index (κ2) is 4.47. The van der Waals surface area contributed by atoms with E-state index in [1.807, 2.05) is 0 Å². The van der Waals surface area contributed by atoms with Gasteiger partial charge in [-0.05, 0) is 32.0 Å². The minimum atomic E-state index is -0.774. The summed E-state index contributed by atoms with van der Waals surface area (Å²) in [7, 11) is 0. The van der Waals surface area contributed by atoms with Crippen LogP contribution in [0.1, 0.15) is 24.3 Å². The molecule has 1 N–H and O–H groups in total. The number of aliphatic hydroxyl groups excluding tert-OH is 1. The molecule has 90 valence electrons. The smallest absolute Gasteiger partial charge is 0.123 e. The van der Waals surface area contributed by atoms with E-state index in [1.54, 1.807) is 30.8 Å². The monoisotopic (exact) mass is 254 g/mol. The molecule has 0 spiro atoms. The Kier molecular flexibility index (Phi) is 3.17. The van der Waals surface area contributed by atoms with Crippen LogP contribution in [0.15, 0.2) is 24.4 Å². The molecule has 0 radical (unpaired) electrons. The molecule has 17 heavy (non-hydrogen) atoms. The normalized spacial score (nSPS) is 12.8. The Morgan fingerprint density at radius 2 is 2.18 bits per heavy atom. The summed E-state index contributed by atoms with van der Waals surface area (Å²) in [6.45, 7) is 3.36. The van der Waals surface area contributed by atoms with Crippen molar-refractivity contribution in [1.29, 1.82) is 0 Å². The van der Waals surface area contributed by atoms with Gasteiger partial charge in [0.25, 0.3) is 0 Å². The highest BCUT2D eigenvalue weighted by atomic mass is 35.5. The molecule has 2 aromatic rings. The van der Waals surface area contributed by atoms with Crippen LogP contribution in [0, 0.1) is 12.7 Å². The molecule has 0 aliphatic heterocycles. The first-order valence-electron chi connectivity index (χ1n) is 5.18. The number of rotatable bonds is 2. The quantitative estimate of drug-likeness (QED) is 0.895. The Morgan fingerprint density at radius 3 is 2.71 bits per heavy atom. The number of aliphatic hydroxyl groups is 1. The molecule has 0 saturated carbocycles. The van der Waals surface area contributed by atoms with Crippen molar-refractivity contribution in [3.63, 3.8) is 0 Å². The van der Waals surface area contributed by atoms with E-state index in [4.69, 9.17) is 11.6 Å². The average Bonchev–Trinajstić information content (AvgIpc) is 2.59. The number of hydrogen-bond acceptors (Lipinski definition) is 2. The Morgan fingerprint density at radius 1 is 1.47 bits per heavy atom. The third kappa shape index (κ3) is 2.33. The molecule has 1 atom stereocenters. The van der Waals surface area contributed by atoms with Crippen molar-refractivity contribution in [3.8, 4) is 5.69 Å². The zero-order valence-corrected chi connectivity index (χ0v) is 10.2. The molecule has 1 aromatic heterocycles. The van der Waals surface area contributed by atoms with Gasteiger partial charge in [-0.2, -0.15) is 5.10 Å². The lowest BCUT2D eigenvalue weighted by atomic mass is 10.1. The third-order valence-corrected chi connectivity index (χ3v) is 2.90. The molecule has 0 unspecified atom stereocenters. The summed E-state index contributed by atoms with van der Waals surface area (Å²) in [4.78, 5) is 0. The SMILES string of the molecule is Cc1nn(-c2ccc(F)cc2[C@@H](C)O)cc1Cl. The molecule has 2 rings (SSSR count). The van der Waals surface area contributed by atoms with Crippen molar-refractivity contribution < 1.29 is 9.50 Å². The summed E-state index contributed by atoms with van der Waals surface area (Å²) in [6.07, 6.45) is 0.861. The summed E-state index contributed by atoms with van der Waals surface area (Å²) in [5.41, 5.74) is 1.79. The standard InChI is InChI=1S/C12H12ClFN2O/c1-7-11(13)6-16(15-7)12-4-3-9(14)5-10(12)8(2)17/h3-6,8,17H,1-2H3/t8-/m1/s1. The van der Waals surface area contributed by atoms with Gasteiger partial charge in [0, 0.05) is 11.8 Å². The van der Waals surface area contributed by atoms with Crippen LogP contribution in [-0.4, -0.2) is 14.9 Å². The van der Waals surface area contributed by atoms with Crippen LogP contribution < -0.4 is 0 Å². The predicted octanol–water partition coefficient (Wildman–Crippen LogP) is 3.03. The number of nitrogens with zero attached hydrogens (tertiary/aromatic N) is 2. The van der Waals surface area contributed by atoms with Crippen molar-refractivity contribution in [2.45, 2.75) is 20.0 Å². The lowest BCUT2D eigenvalue weighted by Gasteiger charge is -2.11. The minimum Gasteiger partial charge on any atom is -0.389 e. The second-order valence-electron chi connectivity index (χ2n) is 3.89. The van der Waals surface area contributed by atoms with Crippen LogP contribution in [0.2, 0.25) is 5.02 Å². The highest BCUT2D eigenvalue weighted by Gasteiger charge is 2.13. The average molecular weight is 255 g/mol. The van der Waals surface area contributed by atoms with Crippen molar-refractivity contribution in [3.05, 3.63) is 46.5 Å². The number of aromatic nitrogens is 2. The van der Waals surface area contributed by atoms with E-state index in [0.29, 0.717) is 22.0 Å². The fourth-order valence-corrected chi connectivity index (χ4v) is 1.76. The summed E-state index contributed by atoms with van der Waals surface area (Å²) >= 11 is 5.92. The minimum absolute atomic E-state index is 0.389. The summed E-state index contributed by atoms with van der Waals surface area (Å²) in [6, 6.07) is 4.19. The highest BCUT2D eigenvalue weighted by molar-refractivity contribution is 6.31. The fraction of sp³-hybridized carbons (Fsp3) is 0.250. The first-order chi connectivity index (χ1) is 7.99. The first kappa shape index (κ1) is 12.1. The number of halogens is 2. The molecular weight excluding hydrogens is 243 g/mol. The Balaban J connectivity index is 2.58. The molecule has 3 nitrogen and oxygen atoms in total. The van der Waals surface area contributed by atoms with Gasteiger partial charge in [-0.3, -0.25) is 0 Å². The van der Waals surface area contributed by atoms with Gasteiger partial charge in [0.05, 0.1) is 22.5 Å². The molecule has 0 aliphatic rings. The van der Waals surface area contributed by atoms with E-state index in [0.717, 1.165) is 0 Å². The summed E-state index contributed by atoms with van der Waals surface area (Å²) in [5.74, 6) is -0.389. The Labute approximate surface area is 103 Å². The van der Waals surface area contributed by atoms with Crippen LogP contribution in [0.3, 0.4) is 0 Å². The zero-order chi connectivity index (χ0) is 12.6. The molecule has 1 aromatic carbocycles. The van der Waals surface area contributed by atoms with Crippen LogP contribution in [0.25, 0.3) is 5.69 Å². The van der Waals surface area contributed by atoms with Crippen molar-refractivity contribution in [2.24, 2.45) is 0 Å². The van der Waals surface area contributed by atoms with Crippen LogP contribution in [-0.2, 0) is 0 Å². The van der Waals surface area contributed by atoms with E-state index < -0.39 is 6.10 Å². The van der Waals surface area contributed by atoms with Gasteiger partial charge in [-0.25, -0.2) is 9.07 Å². The lowest BCUT2D eigenvalue weighted by molar-refractivity contribution is 0.198. The zero-order valence-electron chi connectivity index (χ0n) is 9.48. The molecule has 0 fully saturated rings. The van der Waals surface area contributed by atoms with Crippen LogP contribution >= 0.6 is 11.6 Å². The van der Waals surface area contributed by atoms with E-state index in [9.17, 15) is 9.50 Å². The lowest BCUT2D eigenvalue weighted by Crippen LogP contribution is -2.04. The molecule has 5 heteroatoms. The van der Waals surface area contributed by atoms with Gasteiger partial charge in [0.15, 0.2) is 0 Å². The van der Waals surface area contributed by atoms with Gasteiger partial charge < -0.3 is 5.11 Å². The van der Waals surface area contributed by atoms with Gasteiger partial charge in [-0.1, -0.05) is 11.6 Å². The number of hydrogen-bond donors (Lipinski definition) is 1. The van der Waals surface area contributed by atoms with E-state index in [-0.39, 0.29) is 5.82 Å². The van der Waals surface area contributed by atoms with Crippen LogP contribution in [0.5, 0.6) is 0 Å². The van der Waals surface area contributed by atoms with Gasteiger partial charge in [0.1, 0.15) is 5.82 Å². The van der Waals surface area contributed by atoms with Crippen molar-refractivity contribution in [1.82, 2.24) is 9.78 Å². The molecule has 0 bridgehead atoms. The van der Waals surface area contributed by atoms with E-state index in [2.05, 4.69) is 5.10 Å². The predicted molar refractivity (Wildman–Crippen MR) is 63.9 cm³/mol. The molecular formula is C12H12ClFN2O. The summed E-state index contributed by atoms with van der Waals surface area (Å²) in [5, 5.41) is 14.4. The maximum atomic E-state index is 13.1. The first-order valence-corrected chi connectivity index (χ1v) is 5.56. The van der Waals surface area contributed by atoms with E-state index in [1.165, 1.54) is 12.1 Å². The van der Waals surface area contributed by atoms with E-state index >= 15 is 0 Å². The fourth-order valence-electron chi connectivity index (χ4n) is 1.63. The third-order valence-electron chi connectivity index (χ3n) is 2.53. The van der Waals surface area contributed by atoms with Gasteiger partial charge in [-0.15, -0.1) is 0 Å². The molecule has 1 heterocycles. The molecule has 0 amide bonds. The summed E-state index contributed by atoms with van der Waals surface area (Å²) < 4.78 is 14.7. The number of benzene rings is 1. The largest absolute Gasteiger partial charge is 0.389 e. The molecule has 0 saturated heterocycles. The molecule has 0 aliphatic carbocycles. The second-order valence-corrected chi connectivity index (χ2v) is 4.29. The van der Waals surface area contributed by atoms with Crippen LogP contribution in [0.4, 0.5) is 4.39 Å². The van der Waals surface area contributed by atoms with Gasteiger partial charge in [0.2, 0.25) is 0 Å². The number of aryl methyl sites for hydroxylation is 1. The highest BCUT2D eigenvalue weighted by Crippen LogP contribution is 2.24. The van der Waals surface area contributed by atoms with Crippen molar-refractivity contribution >= 4 is 11.6 Å². The van der Waals surface area contributed by atoms with Crippen molar-refractivity contribution in [2.75, 3.05) is 0 Å². The Hall–Kier alpha value is -1.39.